The maximum absolute atomic E-state index is 12.5. The molecule has 2 aromatic rings. The Hall–Kier alpha value is -2.05. The number of esters is 1. The third kappa shape index (κ3) is 3.18. The molecule has 7 heteroatoms. The van der Waals surface area contributed by atoms with Crippen LogP contribution in [-0.4, -0.2) is 34.6 Å². The minimum absolute atomic E-state index is 0.0889. The van der Waals surface area contributed by atoms with Crippen molar-refractivity contribution in [3.8, 4) is 0 Å². The molecule has 1 unspecified atom stereocenters. The molecule has 1 saturated heterocycles. The Balaban J connectivity index is 1.87. The van der Waals surface area contributed by atoms with Crippen molar-refractivity contribution in [2.45, 2.75) is 51.2 Å². The number of methoxy groups -OCH3 is 1. The first-order valence-electron chi connectivity index (χ1n) is 9.80. The van der Waals surface area contributed by atoms with Crippen molar-refractivity contribution in [3.63, 3.8) is 0 Å². The monoisotopic (exact) mass is 404 g/mol. The Morgan fingerprint density at radius 1 is 1.36 bits per heavy atom. The van der Waals surface area contributed by atoms with Gasteiger partial charge in [0.2, 0.25) is 0 Å². The normalized spacial score (nSPS) is 25.9. The average molecular weight is 405 g/mol. The Morgan fingerprint density at radius 2 is 2.18 bits per heavy atom. The predicted molar refractivity (Wildman–Crippen MR) is 106 cm³/mol. The van der Waals surface area contributed by atoms with Crippen molar-refractivity contribution >= 4 is 28.5 Å². The maximum Gasteiger partial charge on any atom is 0.337 e. The van der Waals surface area contributed by atoms with Gasteiger partial charge in [-0.05, 0) is 49.3 Å². The number of rotatable bonds is 3. The topological polar surface area (TPSA) is 73.6 Å². The van der Waals surface area contributed by atoms with Crippen molar-refractivity contribution in [2.75, 3.05) is 13.7 Å². The van der Waals surface area contributed by atoms with E-state index in [1.807, 2.05) is 16.8 Å². The predicted octanol–water partition coefficient (Wildman–Crippen LogP) is 4.89. The van der Waals surface area contributed by atoms with Gasteiger partial charge in [0.25, 0.3) is 0 Å². The lowest BCUT2D eigenvalue weighted by molar-refractivity contribution is -0.137. The van der Waals surface area contributed by atoms with Gasteiger partial charge in [-0.2, -0.15) is 5.10 Å². The van der Waals surface area contributed by atoms with E-state index >= 15 is 0 Å². The molecule has 150 valence electrons. The van der Waals surface area contributed by atoms with Crippen molar-refractivity contribution < 1.29 is 19.4 Å². The first kappa shape index (κ1) is 19.3. The number of carbonyl (C=O) groups excluding carboxylic acids is 1. The van der Waals surface area contributed by atoms with Gasteiger partial charge in [0, 0.05) is 29.4 Å². The highest BCUT2D eigenvalue weighted by Crippen LogP contribution is 2.46. The molecule has 0 radical (unpaired) electrons. The van der Waals surface area contributed by atoms with E-state index in [0.717, 1.165) is 48.8 Å². The van der Waals surface area contributed by atoms with Crippen LogP contribution in [-0.2, 0) is 14.3 Å². The first-order chi connectivity index (χ1) is 13.5. The molecule has 1 aliphatic carbocycles. The number of allylic oxidation sites excluding steroid dienone is 1. The van der Waals surface area contributed by atoms with Gasteiger partial charge >= 0.3 is 5.97 Å². The molecule has 2 aliphatic rings. The summed E-state index contributed by atoms with van der Waals surface area (Å²) in [5.74, 6) is -0.638. The van der Waals surface area contributed by atoms with Gasteiger partial charge < -0.3 is 14.6 Å². The van der Waals surface area contributed by atoms with E-state index in [0.29, 0.717) is 17.0 Å². The standard InChI is InChI=1S/C21H25ClN2O4/c1-12-6-9-16(25)20(21(26)27-2)18(12)19-13-11-23-24(15(13)8-7-14(19)22)17-5-3-4-10-28-17/h7-8,11-12,17-18,25H,3-6,9-10H2,1-2H3/t12-,17?,18-/m1/s1. The van der Waals surface area contributed by atoms with Crippen LogP contribution in [0.2, 0.25) is 5.02 Å². The molecule has 4 rings (SSSR count). The molecular formula is C21H25ClN2O4. The molecule has 6 nitrogen and oxygen atoms in total. The Morgan fingerprint density at radius 3 is 2.89 bits per heavy atom. The van der Waals surface area contributed by atoms with Crippen LogP contribution in [0, 0.1) is 5.92 Å². The summed E-state index contributed by atoms with van der Waals surface area (Å²) in [7, 11) is 1.33. The lowest BCUT2D eigenvalue weighted by Gasteiger charge is -2.32. The van der Waals surface area contributed by atoms with Gasteiger partial charge in [-0.25, -0.2) is 9.48 Å². The number of ether oxygens (including phenoxy) is 2. The summed E-state index contributed by atoms with van der Waals surface area (Å²) in [4.78, 5) is 12.5. The number of halogens is 1. The van der Waals surface area contributed by atoms with Crippen LogP contribution < -0.4 is 0 Å². The molecule has 1 aromatic heterocycles. The summed E-state index contributed by atoms with van der Waals surface area (Å²) in [6.45, 7) is 2.80. The van der Waals surface area contributed by atoms with E-state index in [1.54, 1.807) is 6.20 Å². The molecule has 28 heavy (non-hydrogen) atoms. The van der Waals surface area contributed by atoms with E-state index in [1.165, 1.54) is 7.11 Å². The molecule has 2 heterocycles. The number of hydrogen-bond acceptors (Lipinski definition) is 5. The zero-order valence-corrected chi connectivity index (χ0v) is 16.9. The highest BCUT2D eigenvalue weighted by atomic mass is 35.5. The second-order valence-electron chi connectivity index (χ2n) is 7.65. The molecule has 1 fully saturated rings. The molecular weight excluding hydrogens is 380 g/mol. The van der Waals surface area contributed by atoms with Gasteiger partial charge in [-0.3, -0.25) is 0 Å². The largest absolute Gasteiger partial charge is 0.512 e. The van der Waals surface area contributed by atoms with Crippen LogP contribution in [0.15, 0.2) is 29.7 Å². The van der Waals surface area contributed by atoms with Crippen LogP contribution in [0.1, 0.15) is 56.7 Å². The van der Waals surface area contributed by atoms with Crippen LogP contribution in [0.25, 0.3) is 10.9 Å². The molecule has 1 N–H and O–H groups in total. The summed E-state index contributed by atoms with van der Waals surface area (Å²) < 4.78 is 12.8. The van der Waals surface area contributed by atoms with Crippen LogP contribution >= 0.6 is 11.6 Å². The minimum Gasteiger partial charge on any atom is -0.512 e. The lowest BCUT2D eigenvalue weighted by Crippen LogP contribution is -2.25. The van der Waals surface area contributed by atoms with Crippen molar-refractivity contribution in [2.24, 2.45) is 5.92 Å². The molecule has 0 saturated carbocycles. The summed E-state index contributed by atoms with van der Waals surface area (Å²) in [6, 6.07) is 3.79. The number of fused-ring (bicyclic) bond motifs is 1. The maximum atomic E-state index is 12.5. The van der Waals surface area contributed by atoms with E-state index < -0.39 is 5.97 Å². The number of aromatic nitrogens is 2. The summed E-state index contributed by atoms with van der Waals surface area (Å²) in [5.41, 5.74) is 2.05. The number of aliphatic hydroxyl groups is 1. The molecule has 0 bridgehead atoms. The zero-order chi connectivity index (χ0) is 19.8. The molecule has 0 spiro atoms. The highest BCUT2D eigenvalue weighted by molar-refractivity contribution is 6.32. The first-order valence-corrected chi connectivity index (χ1v) is 10.2. The van der Waals surface area contributed by atoms with Gasteiger partial charge in [0.05, 0.1) is 24.4 Å². The average Bonchev–Trinajstić information content (AvgIpc) is 3.14. The summed E-state index contributed by atoms with van der Waals surface area (Å²) in [6.07, 6.45) is 6.03. The number of hydrogen-bond donors (Lipinski definition) is 1. The fraction of sp³-hybridized carbons (Fsp3) is 0.524. The lowest BCUT2D eigenvalue weighted by atomic mass is 9.73. The van der Waals surface area contributed by atoms with Crippen molar-refractivity contribution in [1.82, 2.24) is 9.78 Å². The van der Waals surface area contributed by atoms with Crippen molar-refractivity contribution in [1.29, 1.82) is 0 Å². The number of aliphatic hydroxyl groups excluding tert-OH is 1. The number of carbonyl (C=O) groups is 1. The number of nitrogens with zero attached hydrogens (tertiary/aromatic N) is 2. The van der Waals surface area contributed by atoms with Crippen LogP contribution in [0.3, 0.4) is 0 Å². The fourth-order valence-electron chi connectivity index (χ4n) is 4.49. The minimum atomic E-state index is -0.509. The Bertz CT molecular complexity index is 930. The fourth-order valence-corrected chi connectivity index (χ4v) is 4.77. The van der Waals surface area contributed by atoms with Gasteiger partial charge in [-0.1, -0.05) is 18.5 Å². The second-order valence-corrected chi connectivity index (χ2v) is 8.06. The van der Waals surface area contributed by atoms with Gasteiger partial charge in [-0.15, -0.1) is 0 Å². The van der Waals surface area contributed by atoms with Crippen LogP contribution in [0.5, 0.6) is 0 Å². The van der Waals surface area contributed by atoms with E-state index in [9.17, 15) is 9.90 Å². The SMILES string of the molecule is COC(=O)C1=C(O)CC[C@@H](C)[C@@H]1c1c(Cl)ccc2c1cnn2C1CCCCO1. The third-order valence-electron chi connectivity index (χ3n) is 5.94. The van der Waals surface area contributed by atoms with Gasteiger partial charge in [0.1, 0.15) is 5.76 Å². The van der Waals surface area contributed by atoms with E-state index in [2.05, 4.69) is 12.0 Å². The molecule has 0 amide bonds. The molecule has 1 aliphatic heterocycles. The highest BCUT2D eigenvalue weighted by Gasteiger charge is 2.37. The van der Waals surface area contributed by atoms with Gasteiger partial charge in [0.15, 0.2) is 6.23 Å². The summed E-state index contributed by atoms with van der Waals surface area (Å²) in [5, 5.41) is 16.5. The number of benzene rings is 1. The Kier molecular flexibility index (Phi) is 5.34. The van der Waals surface area contributed by atoms with E-state index in [4.69, 9.17) is 21.1 Å². The Labute approximate surface area is 169 Å². The quantitative estimate of drug-likeness (QED) is 0.737. The van der Waals surface area contributed by atoms with Crippen LogP contribution in [0.4, 0.5) is 0 Å². The second kappa shape index (κ2) is 7.76. The summed E-state index contributed by atoms with van der Waals surface area (Å²) >= 11 is 6.63. The third-order valence-corrected chi connectivity index (χ3v) is 6.27. The molecule has 3 atom stereocenters. The van der Waals surface area contributed by atoms with Crippen molar-refractivity contribution in [3.05, 3.63) is 40.2 Å². The zero-order valence-electron chi connectivity index (χ0n) is 16.2. The smallest absolute Gasteiger partial charge is 0.337 e. The van der Waals surface area contributed by atoms with E-state index in [-0.39, 0.29) is 23.8 Å². The molecule has 1 aromatic carbocycles.